The maximum atomic E-state index is 13.4. The lowest BCUT2D eigenvalue weighted by Crippen LogP contribution is -2.22. The Morgan fingerprint density at radius 1 is 1.11 bits per heavy atom. The van der Waals surface area contributed by atoms with Crippen molar-refractivity contribution in [3.8, 4) is 0 Å². The third-order valence-corrected chi connectivity index (χ3v) is 3.76. The number of nitrogens with one attached hydrogen (secondary N) is 1. The van der Waals surface area contributed by atoms with Crippen molar-refractivity contribution >= 4 is 28.5 Å². The van der Waals surface area contributed by atoms with Gasteiger partial charge >= 0.3 is 5.97 Å². The van der Waals surface area contributed by atoms with Gasteiger partial charge in [0, 0.05) is 23.6 Å². The van der Waals surface area contributed by atoms with Gasteiger partial charge in [0.15, 0.2) is 11.6 Å². The van der Waals surface area contributed by atoms with Crippen molar-refractivity contribution in [2.45, 2.75) is 19.8 Å². The molecule has 0 spiro atoms. The second-order valence-electron chi connectivity index (χ2n) is 5.89. The zero-order valence-electron chi connectivity index (χ0n) is 14.9. The van der Waals surface area contributed by atoms with Gasteiger partial charge in [0.1, 0.15) is 11.1 Å². The lowest BCUT2D eigenvalue weighted by molar-refractivity contribution is -0.144. The van der Waals surface area contributed by atoms with E-state index in [0.29, 0.717) is 17.4 Å². The molecule has 0 aliphatic carbocycles. The topological polar surface area (TPSA) is 80.9 Å². The largest absolute Gasteiger partial charge is 0.435 e. The summed E-state index contributed by atoms with van der Waals surface area (Å²) in [7, 11) is 0. The smallest absolute Gasteiger partial charge is 0.335 e. The van der Waals surface area contributed by atoms with E-state index in [1.54, 1.807) is 24.3 Å². The highest BCUT2D eigenvalue weighted by molar-refractivity contribution is 6.05. The normalized spacial score (nSPS) is 11.5. The van der Waals surface area contributed by atoms with E-state index >= 15 is 0 Å². The van der Waals surface area contributed by atoms with Gasteiger partial charge in [-0.25, -0.2) is 13.6 Å². The molecular weight excluding hydrogens is 370 g/mol. The van der Waals surface area contributed by atoms with Gasteiger partial charge in [-0.1, -0.05) is 25.1 Å². The molecule has 1 aromatic heterocycles. The third-order valence-electron chi connectivity index (χ3n) is 3.76. The molecular formula is C20H16F2N2O4. The molecule has 3 rings (SSSR count). The van der Waals surface area contributed by atoms with E-state index in [-0.39, 0.29) is 23.2 Å². The van der Waals surface area contributed by atoms with Crippen molar-refractivity contribution < 1.29 is 27.6 Å². The van der Waals surface area contributed by atoms with Gasteiger partial charge in [-0.15, -0.1) is 0 Å². The predicted molar refractivity (Wildman–Crippen MR) is 97.1 cm³/mol. The van der Waals surface area contributed by atoms with Crippen LogP contribution in [0.3, 0.4) is 0 Å². The van der Waals surface area contributed by atoms with Crippen LogP contribution in [0.4, 0.5) is 14.5 Å². The van der Waals surface area contributed by atoms with Crippen molar-refractivity contribution in [2.75, 3.05) is 5.32 Å². The zero-order chi connectivity index (χ0) is 20.1. The highest BCUT2D eigenvalue weighted by Crippen LogP contribution is 2.16. The number of nitrogens with zero attached hydrogens (tertiary/aromatic N) is 1. The van der Waals surface area contributed by atoms with E-state index in [4.69, 9.17) is 9.25 Å². The van der Waals surface area contributed by atoms with Crippen LogP contribution in [0, 0.1) is 11.6 Å². The number of halogens is 2. The van der Waals surface area contributed by atoms with Crippen LogP contribution in [-0.2, 0) is 9.63 Å². The Labute approximate surface area is 158 Å². The minimum atomic E-state index is -1.10. The van der Waals surface area contributed by atoms with Crippen molar-refractivity contribution in [3.05, 3.63) is 71.3 Å². The maximum absolute atomic E-state index is 13.4. The average Bonchev–Trinajstić information content (AvgIpc) is 2.68. The summed E-state index contributed by atoms with van der Waals surface area (Å²) in [5.41, 5.74) is 0.221. The Hall–Kier alpha value is -3.55. The molecule has 0 fully saturated rings. The number of hydrogen-bond acceptors (Lipinski definition) is 5. The van der Waals surface area contributed by atoms with E-state index in [0.717, 1.165) is 12.1 Å². The fraction of sp³-hybridized carbons (Fsp3) is 0.150. The summed E-state index contributed by atoms with van der Waals surface area (Å²) >= 11 is 0. The summed E-state index contributed by atoms with van der Waals surface area (Å²) in [6.07, 6.45) is 0.736. The first-order valence-electron chi connectivity index (χ1n) is 8.51. The molecule has 0 radical (unpaired) electrons. The summed E-state index contributed by atoms with van der Waals surface area (Å²) in [5.74, 6) is -3.39. The van der Waals surface area contributed by atoms with E-state index < -0.39 is 23.5 Å². The predicted octanol–water partition coefficient (Wildman–Crippen LogP) is 4.12. The van der Waals surface area contributed by atoms with Crippen molar-refractivity contribution in [1.29, 1.82) is 0 Å². The molecule has 2 aromatic carbocycles. The second kappa shape index (κ2) is 8.43. The quantitative estimate of drug-likeness (QED) is 0.528. The number of carbonyl (C=O) groups is 2. The molecule has 144 valence electrons. The molecule has 0 unspecified atom stereocenters. The van der Waals surface area contributed by atoms with E-state index in [9.17, 15) is 18.4 Å². The fourth-order valence-corrected chi connectivity index (χ4v) is 2.41. The number of amides is 1. The van der Waals surface area contributed by atoms with Gasteiger partial charge in [0.05, 0.1) is 0 Å². The average molecular weight is 386 g/mol. The van der Waals surface area contributed by atoms with Gasteiger partial charge in [0.2, 0.25) is 0 Å². The molecule has 1 N–H and O–H groups in total. The molecule has 0 aliphatic rings. The molecule has 28 heavy (non-hydrogen) atoms. The fourth-order valence-electron chi connectivity index (χ4n) is 2.41. The number of fused-ring (bicyclic) bond motifs is 1. The highest BCUT2D eigenvalue weighted by Gasteiger charge is 2.15. The van der Waals surface area contributed by atoms with E-state index in [1.165, 1.54) is 12.1 Å². The van der Waals surface area contributed by atoms with Crippen LogP contribution in [0.25, 0.3) is 11.0 Å². The van der Waals surface area contributed by atoms with Crippen LogP contribution in [0.1, 0.15) is 30.1 Å². The first kappa shape index (κ1) is 19.2. The summed E-state index contributed by atoms with van der Waals surface area (Å²) in [4.78, 5) is 29.0. The van der Waals surface area contributed by atoms with Gasteiger partial charge in [-0.2, -0.15) is 0 Å². The van der Waals surface area contributed by atoms with Crippen LogP contribution in [0.2, 0.25) is 0 Å². The van der Waals surface area contributed by atoms with Crippen LogP contribution in [0.15, 0.2) is 58.1 Å². The zero-order valence-corrected chi connectivity index (χ0v) is 14.9. The summed E-state index contributed by atoms with van der Waals surface area (Å²) in [6.45, 7) is 1.81. The molecule has 0 atom stereocenters. The van der Waals surface area contributed by atoms with Crippen LogP contribution < -0.4 is 10.9 Å². The Morgan fingerprint density at radius 2 is 1.89 bits per heavy atom. The Bertz CT molecular complexity index is 1110. The molecule has 6 nitrogen and oxygen atoms in total. The molecule has 0 saturated carbocycles. The molecule has 0 bridgehead atoms. The first-order valence-corrected chi connectivity index (χ1v) is 8.51. The number of anilines is 1. The SMILES string of the molecule is CCCC(=O)O/N=c1\oc2ccccc2cc1C(=O)Nc1ccc(F)c(F)c1. The Kier molecular flexibility index (Phi) is 5.78. The van der Waals surface area contributed by atoms with Gasteiger partial charge < -0.3 is 14.6 Å². The minimum Gasteiger partial charge on any atom is -0.435 e. The van der Waals surface area contributed by atoms with Crippen LogP contribution >= 0.6 is 0 Å². The summed E-state index contributed by atoms with van der Waals surface area (Å²) in [5, 5.41) is 6.70. The Morgan fingerprint density at radius 3 is 2.64 bits per heavy atom. The Balaban J connectivity index is 2.00. The molecule has 1 amide bonds. The minimum absolute atomic E-state index is 0.0345. The highest BCUT2D eigenvalue weighted by atomic mass is 19.2. The van der Waals surface area contributed by atoms with E-state index in [2.05, 4.69) is 10.5 Å². The standard InChI is InChI=1S/C20H16F2N2O4/c1-2-5-18(25)28-24-20-14(10-12-6-3-4-7-17(12)27-20)19(26)23-13-8-9-15(21)16(22)11-13/h3-4,6-11H,2,5H2,1H3,(H,23,26)/b24-20-. The number of hydrogen-bond donors (Lipinski definition) is 1. The molecule has 8 heteroatoms. The third kappa shape index (κ3) is 4.40. The monoisotopic (exact) mass is 386 g/mol. The number of para-hydroxylation sites is 1. The number of rotatable bonds is 5. The number of benzene rings is 2. The van der Waals surface area contributed by atoms with Gasteiger partial charge in [-0.3, -0.25) is 4.79 Å². The molecule has 0 saturated heterocycles. The molecule has 0 aliphatic heterocycles. The number of carbonyl (C=O) groups excluding carboxylic acids is 2. The van der Waals surface area contributed by atoms with E-state index in [1.807, 2.05) is 6.92 Å². The lowest BCUT2D eigenvalue weighted by atomic mass is 10.1. The molecule has 3 aromatic rings. The summed E-state index contributed by atoms with van der Waals surface area (Å²) in [6, 6.07) is 11.3. The second-order valence-corrected chi connectivity index (χ2v) is 5.89. The van der Waals surface area contributed by atoms with Gasteiger partial charge in [-0.05, 0) is 35.8 Å². The maximum Gasteiger partial charge on any atom is 0.335 e. The molecule has 1 heterocycles. The first-order chi connectivity index (χ1) is 13.5. The van der Waals surface area contributed by atoms with Crippen molar-refractivity contribution in [3.63, 3.8) is 0 Å². The van der Waals surface area contributed by atoms with Crippen LogP contribution in [0.5, 0.6) is 0 Å². The van der Waals surface area contributed by atoms with Crippen molar-refractivity contribution in [1.82, 2.24) is 0 Å². The van der Waals surface area contributed by atoms with Gasteiger partial charge in [0.25, 0.3) is 11.5 Å². The lowest BCUT2D eigenvalue weighted by Gasteiger charge is -2.07. The van der Waals surface area contributed by atoms with Crippen molar-refractivity contribution in [2.24, 2.45) is 5.16 Å². The summed E-state index contributed by atoms with van der Waals surface area (Å²) < 4.78 is 32.0. The van der Waals surface area contributed by atoms with Crippen LogP contribution in [-0.4, -0.2) is 11.9 Å².